The number of hydrogen-bond acceptors (Lipinski definition) is 3. The molecule has 0 aromatic heterocycles. The van der Waals surface area contributed by atoms with Crippen LogP contribution in [-0.4, -0.2) is 25.7 Å². The maximum atomic E-state index is 11.4. The molecular weight excluding hydrogens is 226 g/mol. The van der Waals surface area contributed by atoms with Crippen molar-refractivity contribution in [2.75, 3.05) is 13.7 Å². The van der Waals surface area contributed by atoms with E-state index in [-0.39, 0.29) is 5.97 Å². The van der Waals surface area contributed by atoms with Crippen molar-refractivity contribution in [2.24, 2.45) is 23.7 Å². The van der Waals surface area contributed by atoms with Crippen LogP contribution in [0.1, 0.15) is 32.6 Å². The maximum Gasteiger partial charge on any atom is 0.333 e. The Hall–Kier alpha value is -0.830. The van der Waals surface area contributed by atoms with Gasteiger partial charge in [0.2, 0.25) is 0 Å². The summed E-state index contributed by atoms with van der Waals surface area (Å²) in [7, 11) is 1.45. The van der Waals surface area contributed by atoms with Crippen molar-refractivity contribution in [2.45, 2.75) is 38.6 Å². The lowest BCUT2D eigenvalue weighted by Gasteiger charge is -2.09. The van der Waals surface area contributed by atoms with Crippen LogP contribution in [0.5, 0.6) is 0 Å². The zero-order chi connectivity index (χ0) is 12.7. The number of carbonyl (C=O) groups is 1. The summed E-state index contributed by atoms with van der Waals surface area (Å²) in [4.78, 5) is 11.4. The molecule has 0 amide bonds. The van der Waals surface area contributed by atoms with Crippen molar-refractivity contribution in [3.05, 3.63) is 11.6 Å². The minimum Gasteiger partial charge on any atom is -0.466 e. The molecule has 0 radical (unpaired) electrons. The van der Waals surface area contributed by atoms with Crippen molar-refractivity contribution in [1.82, 2.24) is 5.32 Å². The normalized spacial score (nSPS) is 40.8. The van der Waals surface area contributed by atoms with E-state index in [9.17, 15) is 4.79 Å². The SMILES string of the molecule is CCC(=CCNC1C2C3CCC(C3)C12)C(=O)OC. The summed E-state index contributed by atoms with van der Waals surface area (Å²) in [6.45, 7) is 2.81. The molecule has 3 rings (SSSR count). The topological polar surface area (TPSA) is 38.3 Å². The highest BCUT2D eigenvalue weighted by molar-refractivity contribution is 5.88. The standard InChI is InChI=1S/C15H23NO2/c1-3-9(15(17)18-2)6-7-16-14-12-10-4-5-11(8-10)13(12)14/h6,10-14,16H,3-5,7-8H2,1-2H3. The monoisotopic (exact) mass is 249 g/mol. The highest BCUT2D eigenvalue weighted by Gasteiger charge is 2.64. The van der Waals surface area contributed by atoms with Crippen LogP contribution in [0.15, 0.2) is 11.6 Å². The smallest absolute Gasteiger partial charge is 0.333 e. The van der Waals surface area contributed by atoms with Crippen molar-refractivity contribution in [3.63, 3.8) is 0 Å². The van der Waals surface area contributed by atoms with Gasteiger partial charge >= 0.3 is 5.97 Å². The fourth-order valence-electron chi connectivity index (χ4n) is 4.42. The zero-order valence-corrected chi connectivity index (χ0v) is 11.3. The Labute approximate surface area is 109 Å². The number of hydrogen-bond donors (Lipinski definition) is 1. The molecule has 1 N–H and O–H groups in total. The summed E-state index contributed by atoms with van der Waals surface area (Å²) in [6, 6.07) is 0.739. The summed E-state index contributed by atoms with van der Waals surface area (Å²) in [6.07, 6.45) is 7.16. The van der Waals surface area contributed by atoms with Crippen LogP contribution in [0.4, 0.5) is 0 Å². The van der Waals surface area contributed by atoms with Crippen LogP contribution in [0.2, 0.25) is 0 Å². The van der Waals surface area contributed by atoms with Gasteiger partial charge in [-0.3, -0.25) is 0 Å². The lowest BCUT2D eigenvalue weighted by atomic mass is 10.0. The first kappa shape index (κ1) is 12.2. The van der Waals surface area contributed by atoms with Gasteiger partial charge in [-0.15, -0.1) is 0 Å². The predicted molar refractivity (Wildman–Crippen MR) is 70.0 cm³/mol. The number of nitrogens with one attached hydrogen (secondary N) is 1. The molecule has 3 heteroatoms. The van der Waals surface area contributed by atoms with Crippen LogP contribution < -0.4 is 5.32 Å². The van der Waals surface area contributed by atoms with E-state index in [2.05, 4.69) is 5.32 Å². The van der Waals surface area contributed by atoms with E-state index in [0.29, 0.717) is 0 Å². The van der Waals surface area contributed by atoms with Crippen molar-refractivity contribution < 1.29 is 9.53 Å². The average molecular weight is 249 g/mol. The Kier molecular flexibility index (Phi) is 3.18. The van der Waals surface area contributed by atoms with E-state index in [1.807, 2.05) is 13.0 Å². The third-order valence-electron chi connectivity index (χ3n) is 5.27. The minimum atomic E-state index is -0.185. The molecule has 2 bridgehead atoms. The van der Waals surface area contributed by atoms with E-state index < -0.39 is 0 Å². The van der Waals surface area contributed by atoms with E-state index in [1.54, 1.807) is 0 Å². The lowest BCUT2D eigenvalue weighted by Crippen LogP contribution is -2.23. The Morgan fingerprint density at radius 2 is 2.00 bits per heavy atom. The number of ether oxygens (including phenoxy) is 1. The third kappa shape index (κ3) is 1.89. The molecule has 0 saturated heterocycles. The quantitative estimate of drug-likeness (QED) is 0.599. The lowest BCUT2D eigenvalue weighted by molar-refractivity contribution is -0.136. The second-order valence-corrected chi connectivity index (χ2v) is 6.00. The molecule has 0 aliphatic heterocycles. The molecule has 4 atom stereocenters. The summed E-state index contributed by atoms with van der Waals surface area (Å²) in [5.41, 5.74) is 0.791. The van der Waals surface area contributed by atoms with E-state index in [4.69, 9.17) is 4.74 Å². The highest BCUT2D eigenvalue weighted by atomic mass is 16.5. The molecule has 3 nitrogen and oxygen atoms in total. The van der Waals surface area contributed by atoms with Gasteiger partial charge in [0.25, 0.3) is 0 Å². The van der Waals surface area contributed by atoms with Crippen molar-refractivity contribution in [3.8, 4) is 0 Å². The van der Waals surface area contributed by atoms with Crippen LogP contribution in [0, 0.1) is 23.7 Å². The molecule has 0 heterocycles. The van der Waals surface area contributed by atoms with Crippen LogP contribution in [-0.2, 0) is 9.53 Å². The fraction of sp³-hybridized carbons (Fsp3) is 0.800. The predicted octanol–water partition coefficient (Wildman–Crippen LogP) is 2.13. The van der Waals surface area contributed by atoms with E-state index in [0.717, 1.165) is 48.3 Å². The molecule has 4 unspecified atom stereocenters. The number of fused-ring (bicyclic) bond motifs is 5. The summed E-state index contributed by atoms with van der Waals surface area (Å²) >= 11 is 0. The minimum absolute atomic E-state index is 0.185. The van der Waals surface area contributed by atoms with Crippen molar-refractivity contribution >= 4 is 5.97 Å². The van der Waals surface area contributed by atoms with Gasteiger partial charge < -0.3 is 10.1 Å². The Balaban J connectivity index is 1.49. The first-order valence-corrected chi connectivity index (χ1v) is 7.27. The third-order valence-corrected chi connectivity index (χ3v) is 5.27. The fourth-order valence-corrected chi connectivity index (χ4v) is 4.42. The summed E-state index contributed by atoms with van der Waals surface area (Å²) in [5, 5.41) is 3.62. The summed E-state index contributed by atoms with van der Waals surface area (Å²) in [5.74, 6) is 3.75. The van der Waals surface area contributed by atoms with Crippen molar-refractivity contribution in [1.29, 1.82) is 0 Å². The van der Waals surface area contributed by atoms with Gasteiger partial charge in [-0.05, 0) is 49.4 Å². The molecular formula is C15H23NO2. The first-order chi connectivity index (χ1) is 8.76. The number of methoxy groups -OCH3 is 1. The van der Waals surface area contributed by atoms with Gasteiger partial charge in [-0.1, -0.05) is 13.0 Å². The van der Waals surface area contributed by atoms with E-state index >= 15 is 0 Å². The zero-order valence-electron chi connectivity index (χ0n) is 11.3. The number of esters is 1. The summed E-state index contributed by atoms with van der Waals surface area (Å²) < 4.78 is 4.76. The number of carbonyl (C=O) groups excluding carboxylic acids is 1. The molecule has 100 valence electrons. The molecule has 3 saturated carbocycles. The first-order valence-electron chi connectivity index (χ1n) is 7.27. The molecule has 3 fully saturated rings. The molecule has 0 aromatic carbocycles. The molecule has 3 aliphatic rings. The van der Waals surface area contributed by atoms with Gasteiger partial charge in [0.05, 0.1) is 7.11 Å². The largest absolute Gasteiger partial charge is 0.466 e. The molecule has 18 heavy (non-hydrogen) atoms. The van der Waals surface area contributed by atoms with Crippen LogP contribution >= 0.6 is 0 Å². The van der Waals surface area contributed by atoms with Gasteiger partial charge in [0, 0.05) is 18.2 Å². The van der Waals surface area contributed by atoms with Gasteiger partial charge in [0.1, 0.15) is 0 Å². The Morgan fingerprint density at radius 1 is 1.33 bits per heavy atom. The second kappa shape index (κ2) is 4.69. The number of rotatable bonds is 5. The molecule has 3 aliphatic carbocycles. The second-order valence-electron chi connectivity index (χ2n) is 6.00. The average Bonchev–Trinajstić information content (AvgIpc) is 2.79. The van der Waals surface area contributed by atoms with Gasteiger partial charge in [0.15, 0.2) is 0 Å². The highest BCUT2D eigenvalue weighted by Crippen LogP contribution is 2.65. The molecule has 0 spiro atoms. The Morgan fingerprint density at radius 3 is 2.56 bits per heavy atom. The van der Waals surface area contributed by atoms with Crippen LogP contribution in [0.3, 0.4) is 0 Å². The van der Waals surface area contributed by atoms with Gasteiger partial charge in [-0.2, -0.15) is 0 Å². The maximum absolute atomic E-state index is 11.4. The van der Waals surface area contributed by atoms with E-state index in [1.165, 1.54) is 26.4 Å². The van der Waals surface area contributed by atoms with Crippen LogP contribution in [0.25, 0.3) is 0 Å². The molecule has 0 aromatic rings. The van der Waals surface area contributed by atoms with Gasteiger partial charge in [-0.25, -0.2) is 4.79 Å². The Bertz CT molecular complexity index is 361.